The van der Waals surface area contributed by atoms with Crippen LogP contribution in [0.2, 0.25) is 5.15 Å². The third-order valence-electron chi connectivity index (χ3n) is 3.11. The van der Waals surface area contributed by atoms with Gasteiger partial charge in [-0.15, -0.1) is 0 Å². The fourth-order valence-corrected chi connectivity index (χ4v) is 2.39. The van der Waals surface area contributed by atoms with Crippen molar-refractivity contribution in [2.45, 2.75) is 19.9 Å². The highest BCUT2D eigenvalue weighted by Gasteiger charge is 2.16. The Morgan fingerprint density at radius 1 is 1.29 bits per heavy atom. The maximum Gasteiger partial charge on any atom is 0.330 e. The lowest BCUT2D eigenvalue weighted by atomic mass is 10.3. The first-order valence-corrected chi connectivity index (χ1v) is 6.72. The normalized spacial score (nSPS) is 11.4. The van der Waals surface area contributed by atoms with Crippen LogP contribution in [0.3, 0.4) is 0 Å². The summed E-state index contributed by atoms with van der Waals surface area (Å²) < 4.78 is 1.42. The zero-order valence-corrected chi connectivity index (χ0v) is 12.1. The molecule has 0 saturated heterocycles. The Morgan fingerprint density at radius 3 is 2.71 bits per heavy atom. The molecule has 3 aromatic heterocycles. The number of nitrogens with zero attached hydrogens (tertiary/aromatic N) is 3. The van der Waals surface area contributed by atoms with E-state index in [0.29, 0.717) is 17.0 Å². The molecule has 0 amide bonds. The number of nitrogens with one attached hydrogen (secondary N) is 2. The van der Waals surface area contributed by atoms with Crippen LogP contribution >= 0.6 is 11.6 Å². The summed E-state index contributed by atoms with van der Waals surface area (Å²) in [5, 5.41) is 0.270. The molecule has 3 heterocycles. The van der Waals surface area contributed by atoms with Gasteiger partial charge in [-0.05, 0) is 26.0 Å². The number of H-pyrrole nitrogens is 2. The molecule has 0 atom stereocenters. The second kappa shape index (κ2) is 4.85. The molecular weight excluding hydrogens is 294 g/mol. The molecule has 7 nitrogen and oxygen atoms in total. The van der Waals surface area contributed by atoms with E-state index in [-0.39, 0.29) is 16.7 Å². The standard InChI is InChI=1S/C13H12ClN5O2/c1-6(2)19-11-8(12(20)18-13(19)21)16-10(17-11)7-4-3-5-15-9(7)14/h3-6H,1-2H3,(H,16,17)(H,18,20,21). The van der Waals surface area contributed by atoms with Gasteiger partial charge in [0.25, 0.3) is 5.56 Å². The highest BCUT2D eigenvalue weighted by molar-refractivity contribution is 6.31. The highest BCUT2D eigenvalue weighted by Crippen LogP contribution is 2.24. The summed E-state index contributed by atoms with van der Waals surface area (Å²) in [5.41, 5.74) is 0.105. The van der Waals surface area contributed by atoms with Crippen molar-refractivity contribution in [3.05, 3.63) is 44.3 Å². The number of halogens is 1. The number of pyridine rings is 1. The molecule has 2 N–H and O–H groups in total. The Kier molecular flexibility index (Phi) is 3.13. The van der Waals surface area contributed by atoms with Gasteiger partial charge in [0.15, 0.2) is 5.65 Å². The lowest BCUT2D eigenvalue weighted by Gasteiger charge is -2.08. The van der Waals surface area contributed by atoms with Crippen molar-refractivity contribution in [1.29, 1.82) is 0 Å². The van der Waals surface area contributed by atoms with Crippen LogP contribution in [0.5, 0.6) is 0 Å². The van der Waals surface area contributed by atoms with Gasteiger partial charge in [-0.3, -0.25) is 14.3 Å². The van der Waals surface area contributed by atoms with Crippen LogP contribution in [0.1, 0.15) is 19.9 Å². The summed E-state index contributed by atoms with van der Waals surface area (Å²) in [6, 6.07) is 3.31. The summed E-state index contributed by atoms with van der Waals surface area (Å²) in [7, 11) is 0. The smallest absolute Gasteiger partial charge is 0.330 e. The molecule has 0 aliphatic heterocycles. The van der Waals surface area contributed by atoms with E-state index < -0.39 is 11.2 Å². The number of hydrogen-bond donors (Lipinski definition) is 2. The summed E-state index contributed by atoms with van der Waals surface area (Å²) in [6.45, 7) is 3.68. The number of aromatic nitrogens is 5. The van der Waals surface area contributed by atoms with E-state index in [1.807, 2.05) is 13.8 Å². The van der Waals surface area contributed by atoms with E-state index >= 15 is 0 Å². The maximum atomic E-state index is 11.9. The van der Waals surface area contributed by atoms with Crippen LogP contribution in [0, 0.1) is 0 Å². The fraction of sp³-hybridized carbons (Fsp3) is 0.231. The van der Waals surface area contributed by atoms with Crippen LogP contribution < -0.4 is 11.2 Å². The first kappa shape index (κ1) is 13.6. The van der Waals surface area contributed by atoms with Gasteiger partial charge in [-0.2, -0.15) is 0 Å². The predicted molar refractivity (Wildman–Crippen MR) is 79.6 cm³/mol. The Balaban J connectivity index is 2.38. The van der Waals surface area contributed by atoms with Crippen LogP contribution in [-0.2, 0) is 0 Å². The predicted octanol–water partition coefficient (Wildman–Crippen LogP) is 1.71. The monoisotopic (exact) mass is 305 g/mol. The third-order valence-corrected chi connectivity index (χ3v) is 3.41. The Hall–Kier alpha value is -2.41. The Labute approximate surface area is 123 Å². The molecule has 0 saturated carbocycles. The van der Waals surface area contributed by atoms with Crippen molar-refractivity contribution in [2.75, 3.05) is 0 Å². The topological polar surface area (TPSA) is 96.4 Å². The van der Waals surface area contributed by atoms with E-state index in [1.54, 1.807) is 18.3 Å². The summed E-state index contributed by atoms with van der Waals surface area (Å²) in [5.74, 6) is 0.397. The van der Waals surface area contributed by atoms with E-state index in [9.17, 15) is 9.59 Å². The zero-order valence-electron chi connectivity index (χ0n) is 11.3. The van der Waals surface area contributed by atoms with Crippen LogP contribution in [0.15, 0.2) is 27.9 Å². The van der Waals surface area contributed by atoms with Gasteiger partial charge in [0, 0.05) is 12.2 Å². The fourth-order valence-electron chi connectivity index (χ4n) is 2.18. The van der Waals surface area contributed by atoms with E-state index in [1.165, 1.54) is 4.57 Å². The summed E-state index contributed by atoms with van der Waals surface area (Å²) in [4.78, 5) is 37.3. The lowest BCUT2D eigenvalue weighted by molar-refractivity contribution is 0.580. The van der Waals surface area contributed by atoms with Crippen molar-refractivity contribution < 1.29 is 0 Å². The minimum absolute atomic E-state index is 0.141. The molecule has 0 fully saturated rings. The van der Waals surface area contributed by atoms with Crippen molar-refractivity contribution >= 4 is 22.8 Å². The van der Waals surface area contributed by atoms with Gasteiger partial charge >= 0.3 is 5.69 Å². The van der Waals surface area contributed by atoms with Crippen molar-refractivity contribution in [3.63, 3.8) is 0 Å². The molecule has 8 heteroatoms. The second-order valence-electron chi connectivity index (χ2n) is 4.85. The highest BCUT2D eigenvalue weighted by atomic mass is 35.5. The Morgan fingerprint density at radius 2 is 2.05 bits per heavy atom. The summed E-state index contributed by atoms with van der Waals surface area (Å²) in [6.07, 6.45) is 1.56. The minimum atomic E-state index is -0.509. The van der Waals surface area contributed by atoms with Gasteiger partial charge in [0.1, 0.15) is 16.5 Å². The van der Waals surface area contributed by atoms with Gasteiger partial charge in [-0.1, -0.05) is 11.6 Å². The molecule has 0 radical (unpaired) electrons. The SMILES string of the molecule is CC(C)n1c(=O)[nH]c(=O)c2[nH]c(-c3cccnc3Cl)nc21. The first-order chi connectivity index (χ1) is 9.99. The molecule has 3 aromatic rings. The lowest BCUT2D eigenvalue weighted by Crippen LogP contribution is -2.31. The minimum Gasteiger partial charge on any atom is -0.332 e. The molecule has 0 bridgehead atoms. The zero-order chi connectivity index (χ0) is 15.1. The quantitative estimate of drug-likeness (QED) is 0.704. The average Bonchev–Trinajstić information content (AvgIpc) is 2.83. The number of fused-ring (bicyclic) bond motifs is 1. The molecular formula is C13H12ClN5O2. The number of rotatable bonds is 2. The van der Waals surface area contributed by atoms with Gasteiger partial charge in [0.05, 0.1) is 5.56 Å². The average molecular weight is 306 g/mol. The molecule has 3 rings (SSSR count). The molecule has 108 valence electrons. The molecule has 0 unspecified atom stereocenters. The molecule has 0 aromatic carbocycles. The first-order valence-electron chi connectivity index (χ1n) is 6.34. The molecule has 21 heavy (non-hydrogen) atoms. The molecule has 0 aliphatic carbocycles. The van der Waals surface area contributed by atoms with Gasteiger partial charge in [0.2, 0.25) is 0 Å². The molecule has 0 aliphatic rings. The van der Waals surface area contributed by atoms with E-state index in [0.717, 1.165) is 0 Å². The van der Waals surface area contributed by atoms with Gasteiger partial charge in [-0.25, -0.2) is 14.8 Å². The van der Waals surface area contributed by atoms with Crippen LogP contribution in [0.25, 0.3) is 22.6 Å². The van der Waals surface area contributed by atoms with Crippen molar-refractivity contribution in [3.8, 4) is 11.4 Å². The Bertz CT molecular complexity index is 938. The van der Waals surface area contributed by atoms with E-state index in [2.05, 4.69) is 19.9 Å². The number of hydrogen-bond acceptors (Lipinski definition) is 4. The van der Waals surface area contributed by atoms with Gasteiger partial charge < -0.3 is 4.98 Å². The largest absolute Gasteiger partial charge is 0.332 e. The van der Waals surface area contributed by atoms with Crippen molar-refractivity contribution in [1.82, 2.24) is 24.5 Å². The van der Waals surface area contributed by atoms with E-state index in [4.69, 9.17) is 11.6 Å². The van der Waals surface area contributed by atoms with Crippen molar-refractivity contribution in [2.24, 2.45) is 0 Å². The maximum absolute atomic E-state index is 11.9. The number of imidazole rings is 1. The third kappa shape index (κ3) is 2.15. The summed E-state index contributed by atoms with van der Waals surface area (Å²) >= 11 is 6.03. The van der Waals surface area contributed by atoms with Crippen LogP contribution in [-0.4, -0.2) is 24.5 Å². The number of aromatic amines is 2. The second-order valence-corrected chi connectivity index (χ2v) is 5.21. The van der Waals surface area contributed by atoms with Crippen LogP contribution in [0.4, 0.5) is 0 Å². The molecule has 0 spiro atoms.